The van der Waals surface area contributed by atoms with Crippen LogP contribution in [0.4, 0.5) is 5.82 Å². The normalized spacial score (nSPS) is 11.8. The number of aryl methyl sites for hydroxylation is 1. The van der Waals surface area contributed by atoms with Gasteiger partial charge in [-0.25, -0.2) is 9.50 Å². The number of anilines is 1. The molecule has 0 fully saturated rings. The molecule has 192 valence electrons. The van der Waals surface area contributed by atoms with E-state index in [2.05, 4.69) is 37.3 Å². The number of para-hydroxylation sites is 1. The number of rotatable bonds is 4. The Labute approximate surface area is 220 Å². The van der Waals surface area contributed by atoms with Crippen molar-refractivity contribution in [1.29, 1.82) is 0 Å². The van der Waals surface area contributed by atoms with Crippen LogP contribution in [0.25, 0.3) is 22.4 Å². The van der Waals surface area contributed by atoms with Crippen molar-refractivity contribution in [3.8, 4) is 17.5 Å². The van der Waals surface area contributed by atoms with Crippen molar-refractivity contribution in [1.82, 2.24) is 39.2 Å². The summed E-state index contributed by atoms with van der Waals surface area (Å²) in [5.74, 6) is 5.69. The number of nitrogens with two attached hydrogens (primary N) is 1. The van der Waals surface area contributed by atoms with E-state index in [-0.39, 0.29) is 28.3 Å². The Kier molecular flexibility index (Phi) is 5.65. The van der Waals surface area contributed by atoms with Crippen molar-refractivity contribution >= 4 is 28.5 Å². The van der Waals surface area contributed by atoms with Crippen molar-refractivity contribution in [3.63, 3.8) is 0 Å². The van der Waals surface area contributed by atoms with Crippen molar-refractivity contribution in [2.75, 3.05) is 5.73 Å². The van der Waals surface area contributed by atoms with Gasteiger partial charge in [-0.05, 0) is 37.1 Å². The SMILES string of the molecule is C[C@@H](NC(=O)c1c(N)nn2cccnc12)c1nc2occ(C#Cc3ccn(C)n3)c2c(=O)n1-c1ccccc1. The molecule has 0 saturated carbocycles. The van der Waals surface area contributed by atoms with E-state index in [0.29, 0.717) is 22.6 Å². The molecule has 6 rings (SSSR count). The first-order chi connectivity index (χ1) is 18.9. The molecular weight excluding hydrogens is 498 g/mol. The second kappa shape index (κ2) is 9.31. The van der Waals surface area contributed by atoms with Crippen molar-refractivity contribution in [2.24, 2.45) is 7.05 Å². The molecule has 5 heterocycles. The van der Waals surface area contributed by atoms with E-state index in [1.54, 1.807) is 61.5 Å². The van der Waals surface area contributed by atoms with Gasteiger partial charge in [0.2, 0.25) is 5.71 Å². The molecule has 0 spiro atoms. The summed E-state index contributed by atoms with van der Waals surface area (Å²) >= 11 is 0. The fraction of sp³-hybridized carbons (Fsp3) is 0.111. The Hall–Kier alpha value is -5.70. The topological polar surface area (TPSA) is 151 Å². The number of benzene rings is 1. The summed E-state index contributed by atoms with van der Waals surface area (Å²) < 4.78 is 10.2. The number of aromatic nitrogens is 7. The Morgan fingerprint density at radius 2 is 1.92 bits per heavy atom. The Morgan fingerprint density at radius 3 is 2.69 bits per heavy atom. The van der Waals surface area contributed by atoms with Crippen LogP contribution in [0.5, 0.6) is 0 Å². The molecular formula is C27H21N9O3. The Balaban J connectivity index is 1.45. The van der Waals surface area contributed by atoms with Crippen LogP contribution < -0.4 is 16.6 Å². The van der Waals surface area contributed by atoms with Gasteiger partial charge in [0.15, 0.2) is 11.5 Å². The molecule has 0 bridgehead atoms. The van der Waals surface area contributed by atoms with Crippen molar-refractivity contribution < 1.29 is 9.21 Å². The number of furan rings is 1. The summed E-state index contributed by atoms with van der Waals surface area (Å²) in [5.41, 5.74) is 7.67. The Morgan fingerprint density at radius 1 is 1.10 bits per heavy atom. The molecule has 6 aromatic rings. The molecule has 5 aromatic heterocycles. The van der Waals surface area contributed by atoms with Gasteiger partial charge in [-0.2, -0.15) is 10.1 Å². The number of carbonyl (C=O) groups excluding carboxylic acids is 1. The maximum Gasteiger partial charge on any atom is 0.270 e. The van der Waals surface area contributed by atoms with Crippen LogP contribution in [0.1, 0.15) is 40.4 Å². The summed E-state index contributed by atoms with van der Waals surface area (Å²) in [6.45, 7) is 1.71. The molecule has 0 aliphatic rings. The van der Waals surface area contributed by atoms with Gasteiger partial charge in [0.1, 0.15) is 28.7 Å². The van der Waals surface area contributed by atoms with Crippen molar-refractivity contribution in [3.05, 3.63) is 100 Å². The first-order valence-electron chi connectivity index (χ1n) is 11.9. The molecule has 0 saturated heterocycles. The number of nitrogen functional groups attached to an aromatic ring is 1. The van der Waals surface area contributed by atoms with E-state index in [0.717, 1.165) is 0 Å². The third kappa shape index (κ3) is 4.17. The predicted octanol–water partition coefficient (Wildman–Crippen LogP) is 2.23. The fourth-order valence-electron chi connectivity index (χ4n) is 4.28. The quantitative estimate of drug-likeness (QED) is 0.337. The third-order valence-corrected chi connectivity index (χ3v) is 6.07. The number of carbonyl (C=O) groups is 1. The number of nitrogens with zero attached hydrogens (tertiary/aromatic N) is 7. The minimum absolute atomic E-state index is 0.0319. The highest BCUT2D eigenvalue weighted by atomic mass is 16.3. The van der Waals surface area contributed by atoms with Gasteiger partial charge in [-0.3, -0.25) is 18.8 Å². The van der Waals surface area contributed by atoms with Crippen LogP contribution in [-0.2, 0) is 7.05 Å². The number of fused-ring (bicyclic) bond motifs is 2. The maximum atomic E-state index is 13.9. The second-order valence-electron chi connectivity index (χ2n) is 8.74. The zero-order valence-corrected chi connectivity index (χ0v) is 20.9. The van der Waals surface area contributed by atoms with E-state index in [9.17, 15) is 9.59 Å². The lowest BCUT2D eigenvalue weighted by Gasteiger charge is -2.18. The largest absolute Gasteiger partial charge is 0.445 e. The van der Waals surface area contributed by atoms with Gasteiger partial charge in [-0.1, -0.05) is 24.1 Å². The van der Waals surface area contributed by atoms with Gasteiger partial charge in [-0.15, -0.1) is 5.10 Å². The monoisotopic (exact) mass is 519 g/mol. The molecule has 12 nitrogen and oxygen atoms in total. The molecule has 12 heteroatoms. The standard InChI is InChI=1S/C27H21N9O3/c1-16(30-25(37)21-22(28)33-35-13-6-12-29-24(21)35)23-31-26-20(27(38)36(23)19-7-4-3-5-8-19)17(15-39-26)9-10-18-11-14-34(2)32-18/h3-8,11-16H,1-2H3,(H2,28,33)(H,30,37)/t16-/m1/s1. The first-order valence-corrected chi connectivity index (χ1v) is 11.9. The van der Waals surface area contributed by atoms with Gasteiger partial charge < -0.3 is 15.5 Å². The zero-order chi connectivity index (χ0) is 27.1. The maximum absolute atomic E-state index is 13.9. The van der Waals surface area contributed by atoms with Crippen LogP contribution in [0.2, 0.25) is 0 Å². The smallest absolute Gasteiger partial charge is 0.270 e. The molecule has 3 N–H and O–H groups in total. The average molecular weight is 520 g/mol. The van der Waals surface area contributed by atoms with Crippen LogP contribution in [-0.4, -0.2) is 39.8 Å². The number of nitrogens with one attached hydrogen (secondary N) is 1. The van der Waals surface area contributed by atoms with Crippen LogP contribution in [0, 0.1) is 11.8 Å². The van der Waals surface area contributed by atoms with Gasteiger partial charge in [0, 0.05) is 25.6 Å². The highest BCUT2D eigenvalue weighted by Gasteiger charge is 2.25. The summed E-state index contributed by atoms with van der Waals surface area (Å²) in [7, 11) is 1.79. The lowest BCUT2D eigenvalue weighted by molar-refractivity contribution is 0.0940. The van der Waals surface area contributed by atoms with E-state index < -0.39 is 17.5 Å². The van der Waals surface area contributed by atoms with Crippen LogP contribution in [0.3, 0.4) is 0 Å². The van der Waals surface area contributed by atoms with E-state index >= 15 is 0 Å². The minimum Gasteiger partial charge on any atom is -0.445 e. The molecule has 39 heavy (non-hydrogen) atoms. The highest BCUT2D eigenvalue weighted by Crippen LogP contribution is 2.23. The molecule has 1 atom stereocenters. The molecule has 0 aliphatic carbocycles. The number of hydrogen-bond acceptors (Lipinski definition) is 8. The van der Waals surface area contributed by atoms with Gasteiger partial charge >= 0.3 is 0 Å². The lowest BCUT2D eigenvalue weighted by atomic mass is 10.2. The third-order valence-electron chi connectivity index (χ3n) is 6.07. The summed E-state index contributed by atoms with van der Waals surface area (Å²) in [6, 6.07) is 11.7. The fourth-order valence-corrected chi connectivity index (χ4v) is 4.28. The van der Waals surface area contributed by atoms with Gasteiger partial charge in [0.05, 0.1) is 17.3 Å². The molecule has 0 radical (unpaired) electrons. The van der Waals surface area contributed by atoms with Gasteiger partial charge in [0.25, 0.3) is 11.5 Å². The second-order valence-corrected chi connectivity index (χ2v) is 8.74. The van der Waals surface area contributed by atoms with E-state index in [1.165, 1.54) is 15.3 Å². The highest BCUT2D eigenvalue weighted by molar-refractivity contribution is 6.04. The number of amides is 1. The number of hydrogen-bond donors (Lipinski definition) is 2. The summed E-state index contributed by atoms with van der Waals surface area (Å²) in [5, 5.41) is 11.5. The van der Waals surface area contributed by atoms with Crippen LogP contribution >= 0.6 is 0 Å². The molecule has 0 unspecified atom stereocenters. The summed E-state index contributed by atoms with van der Waals surface area (Å²) in [6.07, 6.45) is 6.36. The minimum atomic E-state index is -0.735. The van der Waals surface area contributed by atoms with Crippen molar-refractivity contribution in [2.45, 2.75) is 13.0 Å². The molecule has 1 amide bonds. The summed E-state index contributed by atoms with van der Waals surface area (Å²) in [4.78, 5) is 36.1. The molecule has 1 aromatic carbocycles. The average Bonchev–Trinajstić information content (AvgIpc) is 3.63. The Bertz CT molecular complexity index is 1990. The van der Waals surface area contributed by atoms with Crippen LogP contribution in [0.15, 0.2) is 76.5 Å². The van der Waals surface area contributed by atoms with E-state index in [1.807, 2.05) is 18.2 Å². The lowest BCUT2D eigenvalue weighted by Crippen LogP contribution is -2.33. The predicted molar refractivity (Wildman–Crippen MR) is 142 cm³/mol. The zero-order valence-electron chi connectivity index (χ0n) is 20.9. The van der Waals surface area contributed by atoms with E-state index in [4.69, 9.17) is 10.2 Å². The first kappa shape index (κ1) is 23.7. The molecule has 0 aliphatic heterocycles.